The molecule has 0 bridgehead atoms. The molecule has 17 heavy (non-hydrogen) atoms. The fourth-order valence-electron chi connectivity index (χ4n) is 2.72. The number of ether oxygens (including phenoxy) is 2. The summed E-state index contributed by atoms with van der Waals surface area (Å²) < 4.78 is 36.8. The van der Waals surface area contributed by atoms with Crippen molar-refractivity contribution in [2.75, 3.05) is 13.2 Å². The van der Waals surface area contributed by atoms with Gasteiger partial charge in [0, 0.05) is 19.3 Å². The van der Waals surface area contributed by atoms with E-state index in [2.05, 4.69) is 0 Å². The van der Waals surface area contributed by atoms with Gasteiger partial charge in [0.1, 0.15) is 0 Å². The van der Waals surface area contributed by atoms with Crippen LogP contribution in [-0.2, 0) is 9.47 Å². The molecule has 0 aromatic heterocycles. The predicted octanol–water partition coefficient (Wildman–Crippen LogP) is 2.33. The third-order valence-corrected chi connectivity index (χ3v) is 3.50. The molecule has 100 valence electrons. The zero-order chi connectivity index (χ0) is 12.3. The highest BCUT2D eigenvalue weighted by atomic mass is 19.3. The Labute approximate surface area is 100 Å². The van der Waals surface area contributed by atoms with Crippen molar-refractivity contribution >= 4 is 0 Å². The maximum atomic E-state index is 13.2. The van der Waals surface area contributed by atoms with Crippen molar-refractivity contribution in [2.45, 2.75) is 56.8 Å². The second-order valence-electron chi connectivity index (χ2n) is 5.11. The van der Waals surface area contributed by atoms with Gasteiger partial charge in [-0.05, 0) is 25.2 Å². The summed E-state index contributed by atoms with van der Waals surface area (Å²) in [5.41, 5.74) is 0. The van der Waals surface area contributed by atoms with Gasteiger partial charge in [-0.2, -0.15) is 0 Å². The number of halogens is 2. The molecule has 1 aliphatic heterocycles. The number of rotatable bonds is 4. The Kier molecular flexibility index (Phi) is 4.33. The van der Waals surface area contributed by atoms with Crippen molar-refractivity contribution < 1.29 is 23.4 Å². The van der Waals surface area contributed by atoms with E-state index in [1.54, 1.807) is 0 Å². The van der Waals surface area contributed by atoms with Crippen LogP contribution in [0, 0.1) is 5.92 Å². The summed E-state index contributed by atoms with van der Waals surface area (Å²) in [6.07, 6.45) is 1.12. The number of hydrogen-bond donors (Lipinski definition) is 1. The van der Waals surface area contributed by atoms with Crippen molar-refractivity contribution in [1.29, 1.82) is 0 Å². The van der Waals surface area contributed by atoms with Crippen LogP contribution in [0.5, 0.6) is 0 Å². The summed E-state index contributed by atoms with van der Waals surface area (Å²) in [5, 5.41) is 9.83. The van der Waals surface area contributed by atoms with Crippen molar-refractivity contribution in [1.82, 2.24) is 0 Å². The van der Waals surface area contributed by atoms with E-state index in [0.717, 1.165) is 6.42 Å². The first kappa shape index (κ1) is 13.2. The molecule has 2 aliphatic rings. The van der Waals surface area contributed by atoms with Gasteiger partial charge in [0.15, 0.2) is 6.29 Å². The Hall–Kier alpha value is -0.260. The summed E-state index contributed by atoms with van der Waals surface area (Å²) in [4.78, 5) is 0. The summed E-state index contributed by atoms with van der Waals surface area (Å²) >= 11 is 0. The smallest absolute Gasteiger partial charge is 0.248 e. The molecule has 1 saturated carbocycles. The summed E-state index contributed by atoms with van der Waals surface area (Å²) in [5.74, 6) is -2.61. The normalized spacial score (nSPS) is 31.6. The minimum Gasteiger partial charge on any atom is -0.393 e. The first-order chi connectivity index (χ1) is 8.05. The molecule has 0 aromatic rings. The molecule has 0 aromatic carbocycles. The van der Waals surface area contributed by atoms with Crippen LogP contribution in [-0.4, -0.2) is 36.6 Å². The molecule has 0 amide bonds. The highest BCUT2D eigenvalue weighted by molar-refractivity contribution is 4.80. The average Bonchev–Trinajstić information content (AvgIpc) is 2.68. The van der Waals surface area contributed by atoms with Crippen LogP contribution in [0.1, 0.15) is 38.5 Å². The van der Waals surface area contributed by atoms with Gasteiger partial charge in [0.2, 0.25) is 5.92 Å². The van der Waals surface area contributed by atoms with Crippen LogP contribution >= 0.6 is 0 Å². The fourth-order valence-corrected chi connectivity index (χ4v) is 2.72. The monoisotopic (exact) mass is 250 g/mol. The number of aliphatic hydroxyl groups excluding tert-OH is 1. The quantitative estimate of drug-likeness (QED) is 0.832. The topological polar surface area (TPSA) is 38.7 Å². The van der Waals surface area contributed by atoms with Crippen LogP contribution in [0.3, 0.4) is 0 Å². The van der Waals surface area contributed by atoms with E-state index in [1.807, 2.05) is 0 Å². The van der Waals surface area contributed by atoms with Gasteiger partial charge in [-0.3, -0.25) is 0 Å². The zero-order valence-electron chi connectivity index (χ0n) is 9.91. The van der Waals surface area contributed by atoms with Gasteiger partial charge in [-0.25, -0.2) is 8.78 Å². The molecule has 2 rings (SSSR count). The SMILES string of the molecule is OC(CC1CCCC(F)(F)C1)CC1OCCO1. The summed E-state index contributed by atoms with van der Waals surface area (Å²) in [7, 11) is 0. The second kappa shape index (κ2) is 5.59. The van der Waals surface area contributed by atoms with E-state index in [1.165, 1.54) is 0 Å². The van der Waals surface area contributed by atoms with Crippen molar-refractivity contribution in [2.24, 2.45) is 5.92 Å². The van der Waals surface area contributed by atoms with Crippen molar-refractivity contribution in [3.8, 4) is 0 Å². The molecule has 1 N–H and O–H groups in total. The lowest BCUT2D eigenvalue weighted by Crippen LogP contribution is -2.29. The summed E-state index contributed by atoms with van der Waals surface area (Å²) in [6.45, 7) is 1.11. The molecule has 2 fully saturated rings. The molecule has 3 nitrogen and oxygen atoms in total. The summed E-state index contributed by atoms with van der Waals surface area (Å²) in [6, 6.07) is 0. The largest absolute Gasteiger partial charge is 0.393 e. The third-order valence-electron chi connectivity index (χ3n) is 3.50. The van der Waals surface area contributed by atoms with Crippen LogP contribution in [0.2, 0.25) is 0 Å². The zero-order valence-corrected chi connectivity index (χ0v) is 9.91. The number of aliphatic hydroxyl groups is 1. The minimum atomic E-state index is -2.54. The van der Waals surface area contributed by atoms with E-state index in [0.29, 0.717) is 32.5 Å². The maximum absolute atomic E-state index is 13.2. The van der Waals surface area contributed by atoms with Crippen molar-refractivity contribution in [3.05, 3.63) is 0 Å². The lowest BCUT2D eigenvalue weighted by molar-refractivity contribution is -0.0832. The molecule has 0 radical (unpaired) electrons. The maximum Gasteiger partial charge on any atom is 0.248 e. The highest BCUT2D eigenvalue weighted by Crippen LogP contribution is 2.38. The first-order valence-corrected chi connectivity index (χ1v) is 6.34. The molecule has 1 aliphatic carbocycles. The van der Waals surface area contributed by atoms with Crippen LogP contribution in [0.15, 0.2) is 0 Å². The van der Waals surface area contributed by atoms with Crippen LogP contribution in [0.4, 0.5) is 8.78 Å². The Morgan fingerprint density at radius 3 is 2.59 bits per heavy atom. The van der Waals surface area contributed by atoms with E-state index in [4.69, 9.17) is 9.47 Å². The Morgan fingerprint density at radius 2 is 1.94 bits per heavy atom. The Balaban J connectivity index is 1.72. The van der Waals surface area contributed by atoms with Gasteiger partial charge in [-0.15, -0.1) is 0 Å². The van der Waals surface area contributed by atoms with Crippen LogP contribution < -0.4 is 0 Å². The van der Waals surface area contributed by atoms with E-state index in [9.17, 15) is 13.9 Å². The molecule has 2 atom stereocenters. The van der Waals surface area contributed by atoms with Gasteiger partial charge < -0.3 is 14.6 Å². The molecular formula is C12H20F2O3. The number of hydrogen-bond acceptors (Lipinski definition) is 3. The number of alkyl halides is 2. The highest BCUT2D eigenvalue weighted by Gasteiger charge is 2.37. The second-order valence-corrected chi connectivity index (χ2v) is 5.11. The van der Waals surface area contributed by atoms with Crippen LogP contribution in [0.25, 0.3) is 0 Å². The van der Waals surface area contributed by atoms with Gasteiger partial charge >= 0.3 is 0 Å². The molecule has 0 spiro atoms. The average molecular weight is 250 g/mol. The first-order valence-electron chi connectivity index (χ1n) is 6.34. The standard InChI is InChI=1S/C12H20F2O3/c13-12(14)3-1-2-9(8-12)6-10(15)7-11-16-4-5-17-11/h9-11,15H,1-8H2. The van der Waals surface area contributed by atoms with E-state index >= 15 is 0 Å². The molecular weight excluding hydrogens is 230 g/mol. The lowest BCUT2D eigenvalue weighted by atomic mass is 9.83. The minimum absolute atomic E-state index is 0.00551. The van der Waals surface area contributed by atoms with Gasteiger partial charge in [0.25, 0.3) is 0 Å². The molecule has 2 unspecified atom stereocenters. The van der Waals surface area contributed by atoms with Gasteiger partial charge in [0.05, 0.1) is 19.3 Å². The van der Waals surface area contributed by atoms with Crippen molar-refractivity contribution in [3.63, 3.8) is 0 Å². The Bertz CT molecular complexity index is 242. The fraction of sp³-hybridized carbons (Fsp3) is 1.00. The Morgan fingerprint density at radius 1 is 1.24 bits per heavy atom. The molecule has 1 heterocycles. The van der Waals surface area contributed by atoms with Gasteiger partial charge in [-0.1, -0.05) is 0 Å². The molecule has 1 saturated heterocycles. The predicted molar refractivity (Wildman–Crippen MR) is 57.8 cm³/mol. The van der Waals surface area contributed by atoms with E-state index < -0.39 is 12.0 Å². The third kappa shape index (κ3) is 4.16. The van der Waals surface area contributed by atoms with E-state index in [-0.39, 0.29) is 25.0 Å². The molecule has 5 heteroatoms. The lowest BCUT2D eigenvalue weighted by Gasteiger charge is -2.30.